The molecule has 0 aliphatic heterocycles. The molecule has 0 unspecified atom stereocenters. The Morgan fingerprint density at radius 2 is 2.14 bits per heavy atom. The van der Waals surface area contributed by atoms with Crippen molar-refractivity contribution in [2.24, 2.45) is 4.99 Å². The lowest BCUT2D eigenvalue weighted by Gasteiger charge is -2.05. The Balaban J connectivity index is 2.14. The van der Waals surface area contributed by atoms with Crippen LogP contribution in [0.1, 0.15) is 64.6 Å². The second-order valence-electron chi connectivity index (χ2n) is 6.30. The van der Waals surface area contributed by atoms with Crippen LogP contribution >= 0.6 is 0 Å². The van der Waals surface area contributed by atoms with Crippen LogP contribution in [0.5, 0.6) is 0 Å². The highest BCUT2D eigenvalue weighted by Crippen LogP contribution is 2.21. The molecule has 0 atom stereocenters. The highest BCUT2D eigenvalue weighted by molar-refractivity contribution is 5.69. The van der Waals surface area contributed by atoms with Gasteiger partial charge in [0.25, 0.3) is 0 Å². The van der Waals surface area contributed by atoms with Gasteiger partial charge in [0.1, 0.15) is 11.3 Å². The summed E-state index contributed by atoms with van der Waals surface area (Å²) in [5.74, 6) is 1.40. The molecular formula is C16H25N5. The van der Waals surface area contributed by atoms with Gasteiger partial charge in [-0.2, -0.15) is 0 Å². The quantitative estimate of drug-likeness (QED) is 0.939. The Labute approximate surface area is 125 Å². The molecule has 1 fully saturated rings. The van der Waals surface area contributed by atoms with E-state index >= 15 is 0 Å². The van der Waals surface area contributed by atoms with Gasteiger partial charge >= 0.3 is 0 Å². The number of H-pyrrole nitrogens is 1. The first-order chi connectivity index (χ1) is 10.2. The smallest absolute Gasteiger partial charge is 0.176 e. The van der Waals surface area contributed by atoms with E-state index in [-0.39, 0.29) is 0 Å². The van der Waals surface area contributed by atoms with Gasteiger partial charge in [-0.25, -0.2) is 9.97 Å². The maximum absolute atomic E-state index is 4.86. The Morgan fingerprint density at radius 1 is 1.38 bits per heavy atom. The molecule has 1 N–H and O–H groups in total. The van der Waals surface area contributed by atoms with Crippen molar-refractivity contribution in [3.63, 3.8) is 0 Å². The third kappa shape index (κ3) is 2.87. The van der Waals surface area contributed by atoms with Gasteiger partial charge in [-0.3, -0.25) is 4.99 Å². The van der Waals surface area contributed by atoms with Crippen LogP contribution in [0.25, 0.3) is 11.2 Å². The second kappa shape index (κ2) is 6.00. The minimum atomic E-state index is 0.381. The molecule has 5 nitrogen and oxygen atoms in total. The standard InChI is InChI=1S/C16H25N5/c1-4-9-21-10-17-15(18-12-7-5-6-8-12)13-16(21)20-14(19-13)11(2)3/h10-12H,4-9H2,1-3H3,(H,19,20). The lowest BCUT2D eigenvalue weighted by Crippen LogP contribution is -2.17. The van der Waals surface area contributed by atoms with Gasteiger partial charge in [-0.15, -0.1) is 0 Å². The summed E-state index contributed by atoms with van der Waals surface area (Å²) in [5, 5.41) is 0. The van der Waals surface area contributed by atoms with Crippen LogP contribution in [0.3, 0.4) is 0 Å². The van der Waals surface area contributed by atoms with E-state index in [1.807, 2.05) is 6.33 Å². The van der Waals surface area contributed by atoms with Crippen LogP contribution in [0.4, 0.5) is 0 Å². The molecule has 5 heteroatoms. The zero-order chi connectivity index (χ0) is 14.8. The van der Waals surface area contributed by atoms with Gasteiger partial charge in [0.05, 0.1) is 12.4 Å². The van der Waals surface area contributed by atoms with Gasteiger partial charge in [-0.05, 0) is 19.3 Å². The summed E-state index contributed by atoms with van der Waals surface area (Å²) in [6, 6.07) is 0.438. The molecule has 2 heterocycles. The third-order valence-electron chi connectivity index (χ3n) is 4.16. The monoisotopic (exact) mass is 287 g/mol. The summed E-state index contributed by atoms with van der Waals surface area (Å²) in [7, 11) is 0. The fourth-order valence-electron chi connectivity index (χ4n) is 2.97. The number of fused-ring (bicyclic) bond motifs is 1. The first-order valence-electron chi connectivity index (χ1n) is 8.18. The highest BCUT2D eigenvalue weighted by Gasteiger charge is 2.15. The van der Waals surface area contributed by atoms with E-state index in [4.69, 9.17) is 9.98 Å². The zero-order valence-corrected chi connectivity index (χ0v) is 13.3. The molecule has 0 radical (unpaired) electrons. The van der Waals surface area contributed by atoms with Crippen molar-refractivity contribution in [3.05, 3.63) is 17.6 Å². The van der Waals surface area contributed by atoms with E-state index in [0.29, 0.717) is 12.0 Å². The van der Waals surface area contributed by atoms with E-state index in [2.05, 4.69) is 35.3 Å². The largest absolute Gasteiger partial charge is 0.337 e. The SMILES string of the molecule is CCCn1cnc(=NC2CCCC2)c2[nH]c(C(C)C)nc21. The number of hydrogen-bond acceptors (Lipinski definition) is 3. The summed E-state index contributed by atoms with van der Waals surface area (Å²) in [6.07, 6.45) is 7.94. The minimum Gasteiger partial charge on any atom is -0.337 e. The third-order valence-corrected chi connectivity index (χ3v) is 4.16. The van der Waals surface area contributed by atoms with Gasteiger partial charge in [0.2, 0.25) is 0 Å². The molecule has 0 spiro atoms. The second-order valence-corrected chi connectivity index (χ2v) is 6.30. The van der Waals surface area contributed by atoms with E-state index < -0.39 is 0 Å². The number of rotatable bonds is 4. The average molecular weight is 287 g/mol. The molecule has 21 heavy (non-hydrogen) atoms. The molecule has 1 aliphatic carbocycles. The number of nitrogens with zero attached hydrogens (tertiary/aromatic N) is 4. The summed E-state index contributed by atoms with van der Waals surface area (Å²) in [6.45, 7) is 7.42. The van der Waals surface area contributed by atoms with Crippen LogP contribution in [0.2, 0.25) is 0 Å². The fourth-order valence-corrected chi connectivity index (χ4v) is 2.97. The Bertz CT molecular complexity index is 674. The average Bonchev–Trinajstić information content (AvgIpc) is 3.10. The molecule has 0 amide bonds. The van der Waals surface area contributed by atoms with Crippen molar-refractivity contribution < 1.29 is 0 Å². The van der Waals surface area contributed by atoms with Crippen LogP contribution in [-0.2, 0) is 6.54 Å². The number of nitrogens with one attached hydrogen (secondary N) is 1. The fraction of sp³-hybridized carbons (Fsp3) is 0.688. The molecule has 1 saturated carbocycles. The number of imidazole rings is 1. The number of hydrogen-bond donors (Lipinski definition) is 1. The van der Waals surface area contributed by atoms with Crippen molar-refractivity contribution in [1.82, 2.24) is 19.5 Å². The normalized spacial score (nSPS) is 17.4. The zero-order valence-electron chi connectivity index (χ0n) is 13.3. The summed E-state index contributed by atoms with van der Waals surface area (Å²) < 4.78 is 2.13. The lowest BCUT2D eigenvalue weighted by molar-refractivity contribution is 0.659. The van der Waals surface area contributed by atoms with Crippen LogP contribution in [0, 0.1) is 0 Å². The van der Waals surface area contributed by atoms with Crippen molar-refractivity contribution in [3.8, 4) is 0 Å². The first-order valence-corrected chi connectivity index (χ1v) is 8.18. The molecule has 0 saturated heterocycles. The van der Waals surface area contributed by atoms with E-state index in [1.165, 1.54) is 25.7 Å². The summed E-state index contributed by atoms with van der Waals surface area (Å²) in [5.41, 5.74) is 2.83. The van der Waals surface area contributed by atoms with Crippen molar-refractivity contribution in [2.75, 3.05) is 0 Å². The highest BCUT2D eigenvalue weighted by atomic mass is 15.1. The van der Waals surface area contributed by atoms with E-state index in [1.54, 1.807) is 0 Å². The molecule has 3 rings (SSSR count). The molecule has 1 aliphatic rings. The first kappa shape index (κ1) is 14.3. The summed E-state index contributed by atoms with van der Waals surface area (Å²) in [4.78, 5) is 17.7. The maximum atomic E-state index is 4.86. The number of aromatic nitrogens is 4. The molecule has 2 aromatic rings. The van der Waals surface area contributed by atoms with Crippen molar-refractivity contribution >= 4 is 11.2 Å². The van der Waals surface area contributed by atoms with Gasteiger partial charge in [0.15, 0.2) is 11.1 Å². The Hall–Kier alpha value is -1.65. The summed E-state index contributed by atoms with van der Waals surface area (Å²) >= 11 is 0. The predicted octanol–water partition coefficient (Wildman–Crippen LogP) is 3.14. The van der Waals surface area contributed by atoms with E-state index in [9.17, 15) is 0 Å². The molecule has 0 bridgehead atoms. The van der Waals surface area contributed by atoms with Gasteiger partial charge in [-0.1, -0.05) is 33.6 Å². The van der Waals surface area contributed by atoms with E-state index in [0.717, 1.165) is 35.4 Å². The van der Waals surface area contributed by atoms with Crippen LogP contribution < -0.4 is 5.49 Å². The molecular weight excluding hydrogens is 262 g/mol. The predicted molar refractivity (Wildman–Crippen MR) is 84.1 cm³/mol. The lowest BCUT2D eigenvalue weighted by atomic mass is 10.2. The Morgan fingerprint density at radius 3 is 2.81 bits per heavy atom. The number of aryl methyl sites for hydroxylation is 1. The number of aromatic amines is 1. The van der Waals surface area contributed by atoms with Crippen LogP contribution in [0.15, 0.2) is 11.3 Å². The topological polar surface area (TPSA) is 58.9 Å². The van der Waals surface area contributed by atoms with Gasteiger partial charge < -0.3 is 9.55 Å². The van der Waals surface area contributed by atoms with Crippen LogP contribution in [-0.4, -0.2) is 25.6 Å². The van der Waals surface area contributed by atoms with Crippen molar-refractivity contribution in [1.29, 1.82) is 0 Å². The minimum absolute atomic E-state index is 0.381. The van der Waals surface area contributed by atoms with Crippen molar-refractivity contribution in [2.45, 2.75) is 71.4 Å². The van der Waals surface area contributed by atoms with Gasteiger partial charge in [0, 0.05) is 12.5 Å². The molecule has 0 aromatic carbocycles. The molecule has 2 aromatic heterocycles. The Kier molecular flexibility index (Phi) is 4.08. The molecule has 114 valence electrons. The maximum Gasteiger partial charge on any atom is 0.176 e.